The summed E-state index contributed by atoms with van der Waals surface area (Å²) < 4.78 is 18.8. The maximum absolute atomic E-state index is 11.8. The van der Waals surface area contributed by atoms with E-state index >= 15 is 0 Å². The Labute approximate surface area is 205 Å². The van der Waals surface area contributed by atoms with Crippen molar-refractivity contribution in [1.82, 2.24) is 0 Å². The summed E-state index contributed by atoms with van der Waals surface area (Å²) in [6.07, 6.45) is 10.6. The summed E-state index contributed by atoms with van der Waals surface area (Å²) >= 11 is 0. The molecule has 0 aromatic heterocycles. The topological polar surface area (TPSA) is 65.0 Å². The minimum Gasteiger partial charge on any atom is -0.463 e. The Balaban J connectivity index is 1.28. The number of aliphatic hydroxyl groups excluding tert-OH is 1. The largest absolute Gasteiger partial charge is 0.463 e. The molecule has 0 aromatic rings. The molecule has 0 radical (unpaired) electrons. The van der Waals surface area contributed by atoms with Gasteiger partial charge in [-0.15, -0.1) is 0 Å². The van der Waals surface area contributed by atoms with E-state index in [1.807, 2.05) is 0 Å². The Morgan fingerprint density at radius 3 is 2.62 bits per heavy atom. The molecule has 2 heterocycles. The van der Waals surface area contributed by atoms with Crippen LogP contribution in [0.15, 0.2) is 11.6 Å². The molecule has 34 heavy (non-hydrogen) atoms. The third-order valence-corrected chi connectivity index (χ3v) is 11.7. The van der Waals surface area contributed by atoms with E-state index in [-0.39, 0.29) is 46.9 Å². The molecule has 0 bridgehead atoms. The number of esters is 1. The average Bonchev–Trinajstić information content (AvgIpc) is 3.23. The van der Waals surface area contributed by atoms with Crippen LogP contribution in [0, 0.1) is 46.3 Å². The molecule has 0 unspecified atom stereocenters. The van der Waals surface area contributed by atoms with Crippen LogP contribution in [0.2, 0.25) is 0 Å². The number of ether oxygens (including phenoxy) is 3. The molecule has 1 N–H and O–H groups in total. The zero-order valence-corrected chi connectivity index (χ0v) is 21.7. The van der Waals surface area contributed by atoms with Gasteiger partial charge < -0.3 is 19.3 Å². The first-order valence-electron chi connectivity index (χ1n) is 14.0. The summed E-state index contributed by atoms with van der Waals surface area (Å²) in [5, 5.41) is 11.8. The number of carbonyl (C=O) groups excluding carboxylic acids is 1. The van der Waals surface area contributed by atoms with Crippen LogP contribution in [0.4, 0.5) is 0 Å². The minimum atomic E-state index is -0.470. The Morgan fingerprint density at radius 2 is 1.91 bits per heavy atom. The highest BCUT2D eigenvalue weighted by Crippen LogP contribution is 2.69. The lowest BCUT2D eigenvalue weighted by Gasteiger charge is -2.61. The summed E-state index contributed by atoms with van der Waals surface area (Å²) in [6.45, 7) is 11.7. The van der Waals surface area contributed by atoms with Gasteiger partial charge in [0.1, 0.15) is 6.10 Å². The van der Waals surface area contributed by atoms with E-state index in [1.54, 1.807) is 0 Å². The van der Waals surface area contributed by atoms with Gasteiger partial charge in [-0.3, -0.25) is 4.79 Å². The first kappa shape index (κ1) is 23.5. The maximum Gasteiger partial charge on any atom is 0.302 e. The fourth-order valence-corrected chi connectivity index (χ4v) is 9.78. The summed E-state index contributed by atoms with van der Waals surface area (Å²) in [6, 6.07) is 0. The highest BCUT2D eigenvalue weighted by atomic mass is 16.7. The van der Waals surface area contributed by atoms with Crippen molar-refractivity contribution in [3.05, 3.63) is 11.6 Å². The van der Waals surface area contributed by atoms with E-state index < -0.39 is 5.79 Å². The molecule has 2 aliphatic heterocycles. The van der Waals surface area contributed by atoms with Crippen LogP contribution in [0.3, 0.4) is 0 Å². The van der Waals surface area contributed by atoms with Crippen molar-refractivity contribution in [2.24, 2.45) is 46.3 Å². The first-order valence-corrected chi connectivity index (χ1v) is 14.0. The molecule has 2 saturated heterocycles. The summed E-state index contributed by atoms with van der Waals surface area (Å²) in [5.74, 6) is 2.13. The molecule has 1 spiro atoms. The van der Waals surface area contributed by atoms with Gasteiger partial charge in [-0.2, -0.15) is 0 Å². The highest BCUT2D eigenvalue weighted by molar-refractivity contribution is 5.66. The zero-order chi connectivity index (χ0) is 24.0. The summed E-state index contributed by atoms with van der Waals surface area (Å²) in [7, 11) is 0. The van der Waals surface area contributed by atoms with Crippen molar-refractivity contribution in [1.29, 1.82) is 0 Å². The summed E-state index contributed by atoms with van der Waals surface area (Å²) in [4.78, 5) is 11.5. The molecule has 0 amide bonds. The van der Waals surface area contributed by atoms with Crippen molar-refractivity contribution < 1.29 is 24.1 Å². The monoisotopic (exact) mass is 472 g/mol. The number of hydrogen-bond donors (Lipinski definition) is 1. The van der Waals surface area contributed by atoms with Gasteiger partial charge in [0.15, 0.2) is 5.79 Å². The van der Waals surface area contributed by atoms with Gasteiger partial charge in [-0.1, -0.05) is 39.3 Å². The molecule has 190 valence electrons. The lowest BCUT2D eigenvalue weighted by atomic mass is 9.45. The van der Waals surface area contributed by atoms with Gasteiger partial charge in [0.2, 0.25) is 0 Å². The van der Waals surface area contributed by atoms with Crippen LogP contribution in [0.1, 0.15) is 86.0 Å². The van der Waals surface area contributed by atoms with Gasteiger partial charge in [-0.05, 0) is 74.0 Å². The molecule has 6 rings (SSSR count). The zero-order valence-electron chi connectivity index (χ0n) is 21.7. The highest BCUT2D eigenvalue weighted by Gasteiger charge is 2.68. The van der Waals surface area contributed by atoms with E-state index in [4.69, 9.17) is 14.2 Å². The number of fused-ring (bicyclic) bond motifs is 7. The van der Waals surface area contributed by atoms with Crippen molar-refractivity contribution >= 4 is 5.97 Å². The van der Waals surface area contributed by atoms with Crippen LogP contribution >= 0.6 is 0 Å². The van der Waals surface area contributed by atoms with Crippen molar-refractivity contribution in [3.63, 3.8) is 0 Å². The molecule has 5 nitrogen and oxygen atoms in total. The number of rotatable bonds is 1. The minimum absolute atomic E-state index is 0.0574. The van der Waals surface area contributed by atoms with E-state index in [0.717, 1.165) is 45.1 Å². The Bertz CT molecular complexity index is 874. The Morgan fingerprint density at radius 1 is 1.12 bits per heavy atom. The Kier molecular flexibility index (Phi) is 5.38. The average molecular weight is 473 g/mol. The van der Waals surface area contributed by atoms with Crippen molar-refractivity contribution in [3.8, 4) is 0 Å². The van der Waals surface area contributed by atoms with Gasteiger partial charge >= 0.3 is 5.97 Å². The third-order valence-electron chi connectivity index (χ3n) is 11.7. The van der Waals surface area contributed by atoms with E-state index in [0.29, 0.717) is 23.7 Å². The lowest BCUT2D eigenvalue weighted by Crippen LogP contribution is -2.57. The van der Waals surface area contributed by atoms with Crippen LogP contribution in [-0.2, 0) is 19.0 Å². The van der Waals surface area contributed by atoms with Gasteiger partial charge in [0, 0.05) is 30.6 Å². The number of aliphatic hydroxyl groups is 1. The smallest absolute Gasteiger partial charge is 0.302 e. The van der Waals surface area contributed by atoms with Crippen LogP contribution in [-0.4, -0.2) is 41.8 Å². The van der Waals surface area contributed by atoms with E-state index in [2.05, 4.69) is 33.8 Å². The Hall–Kier alpha value is -0.910. The predicted octanol–water partition coefficient (Wildman–Crippen LogP) is 5.26. The molecule has 12 atom stereocenters. The molecular weight excluding hydrogens is 428 g/mol. The number of hydrogen-bond acceptors (Lipinski definition) is 5. The molecule has 3 saturated carbocycles. The van der Waals surface area contributed by atoms with E-state index in [9.17, 15) is 9.90 Å². The van der Waals surface area contributed by atoms with Crippen LogP contribution < -0.4 is 0 Å². The second-order valence-electron chi connectivity index (χ2n) is 13.3. The quantitative estimate of drug-likeness (QED) is 0.417. The standard InChI is InChI=1S/C29H44O5/c1-16-8-11-29(32-15-16)17(2)26-24(34-29)13-23-21-7-6-19-12-20(33-18(3)30)9-10-27(19,4)22(21)14-25(31)28(23,26)5/h13,16-17,19-22,24-26,31H,6-12,14-15H2,1-5H3/t16-,17+,19+,20+,21-,22+,24+,25+,26+,27+,28-,29-/m1/s1. The van der Waals surface area contributed by atoms with Crippen molar-refractivity contribution in [2.45, 2.75) is 110 Å². The molecule has 6 aliphatic rings. The second-order valence-corrected chi connectivity index (χ2v) is 13.3. The van der Waals surface area contributed by atoms with Crippen LogP contribution in [0.25, 0.3) is 0 Å². The van der Waals surface area contributed by atoms with Gasteiger partial charge in [0.25, 0.3) is 0 Å². The maximum atomic E-state index is 11.8. The molecule has 5 heteroatoms. The van der Waals surface area contributed by atoms with Crippen LogP contribution in [0.5, 0.6) is 0 Å². The molecule has 4 aliphatic carbocycles. The molecule has 5 fully saturated rings. The van der Waals surface area contributed by atoms with Gasteiger partial charge in [0.05, 0.1) is 18.8 Å². The van der Waals surface area contributed by atoms with E-state index in [1.165, 1.54) is 25.3 Å². The SMILES string of the molecule is CC(=O)O[C@H]1CC[C@@]2(C)[C@@H](CC[C@H]3C4=C[C@@H]5O[C@]6(CC[C@@H](C)CO6)[C@@H](C)[C@@H]5[C@@]4(C)[C@@H](O)C[C@@H]32)C1. The van der Waals surface area contributed by atoms with Crippen molar-refractivity contribution in [2.75, 3.05) is 6.61 Å². The fourth-order valence-electron chi connectivity index (χ4n) is 9.78. The lowest BCUT2D eigenvalue weighted by molar-refractivity contribution is -0.265. The first-order chi connectivity index (χ1) is 16.1. The molecule has 0 aromatic carbocycles. The number of carbonyl (C=O) groups is 1. The second kappa shape index (κ2) is 7.79. The molecular formula is C29H44O5. The normalized spacial score (nSPS) is 56.2. The van der Waals surface area contributed by atoms with Gasteiger partial charge in [-0.25, -0.2) is 0 Å². The third kappa shape index (κ3) is 3.11. The summed E-state index contributed by atoms with van der Waals surface area (Å²) in [5.41, 5.74) is 1.47. The predicted molar refractivity (Wildman–Crippen MR) is 129 cm³/mol. The fraction of sp³-hybridized carbons (Fsp3) is 0.897.